The summed E-state index contributed by atoms with van der Waals surface area (Å²) < 4.78 is 37.5. The summed E-state index contributed by atoms with van der Waals surface area (Å²) in [6.07, 6.45) is -0.279. The van der Waals surface area contributed by atoms with Gasteiger partial charge in [-0.15, -0.1) is 0 Å². The van der Waals surface area contributed by atoms with Gasteiger partial charge < -0.3 is 14.0 Å². The largest absolute Gasteiger partial charge is 0.497 e. The van der Waals surface area contributed by atoms with Crippen LogP contribution in [-0.2, 0) is 30.7 Å². The molecule has 1 amide bonds. The molecule has 1 aromatic heterocycles. The molecule has 0 bridgehead atoms. The molecule has 0 aliphatic rings. The van der Waals surface area contributed by atoms with E-state index >= 15 is 0 Å². The fraction of sp³-hybridized carbons (Fsp3) is 0.318. The molecular formula is C22H24N2O6S2. The Bertz CT molecular complexity index is 1340. The predicted molar refractivity (Wildman–Crippen MR) is 122 cm³/mol. The SMILES string of the molecule is COC(=O)Cn1c(=NC(=O)CCS(=O)(=O)c2ccc(OC)cc2)sc2c(C)cc(C)cc21. The number of ether oxygens (including phenoxy) is 2. The summed E-state index contributed by atoms with van der Waals surface area (Å²) in [4.78, 5) is 29.1. The van der Waals surface area contributed by atoms with Crippen LogP contribution in [0.5, 0.6) is 5.75 Å². The number of thiazole rings is 1. The van der Waals surface area contributed by atoms with Gasteiger partial charge in [0.25, 0.3) is 0 Å². The minimum absolute atomic E-state index is 0.102. The van der Waals surface area contributed by atoms with Crippen LogP contribution < -0.4 is 9.54 Å². The molecular weight excluding hydrogens is 452 g/mol. The summed E-state index contributed by atoms with van der Waals surface area (Å²) in [6.45, 7) is 3.79. The van der Waals surface area contributed by atoms with Crippen molar-refractivity contribution in [3.8, 4) is 5.75 Å². The lowest BCUT2D eigenvalue weighted by molar-refractivity contribution is -0.141. The van der Waals surface area contributed by atoms with Gasteiger partial charge in [-0.25, -0.2) is 8.42 Å². The van der Waals surface area contributed by atoms with Crippen molar-refractivity contribution in [1.29, 1.82) is 0 Å². The minimum Gasteiger partial charge on any atom is -0.497 e. The molecule has 0 N–H and O–H groups in total. The molecule has 0 atom stereocenters. The van der Waals surface area contributed by atoms with Crippen LogP contribution >= 0.6 is 11.3 Å². The van der Waals surface area contributed by atoms with Gasteiger partial charge >= 0.3 is 5.97 Å². The van der Waals surface area contributed by atoms with E-state index in [2.05, 4.69) is 4.99 Å². The van der Waals surface area contributed by atoms with Crippen molar-refractivity contribution in [2.45, 2.75) is 31.7 Å². The van der Waals surface area contributed by atoms with E-state index < -0.39 is 21.7 Å². The average molecular weight is 477 g/mol. The summed E-state index contributed by atoms with van der Waals surface area (Å²) in [7, 11) is -0.872. The molecule has 1 heterocycles. The first-order valence-electron chi connectivity index (χ1n) is 9.76. The standard InChI is InChI=1S/C22H24N2O6S2/c1-14-11-15(2)21-18(12-14)24(13-20(26)30-4)22(31-21)23-19(25)9-10-32(27,28)17-7-5-16(29-3)6-8-17/h5-8,11-12H,9-10,13H2,1-4H3. The van der Waals surface area contributed by atoms with Gasteiger partial charge in [0.05, 0.1) is 35.1 Å². The van der Waals surface area contributed by atoms with Crippen molar-refractivity contribution >= 4 is 43.3 Å². The number of aryl methyl sites for hydroxylation is 2. The summed E-state index contributed by atoms with van der Waals surface area (Å²) in [5.41, 5.74) is 2.78. The highest BCUT2D eigenvalue weighted by molar-refractivity contribution is 7.91. The molecule has 0 unspecified atom stereocenters. The second-order valence-corrected chi connectivity index (χ2v) is 10.3. The number of esters is 1. The monoisotopic (exact) mass is 476 g/mol. The predicted octanol–water partition coefficient (Wildman–Crippen LogP) is 2.79. The zero-order chi connectivity index (χ0) is 23.5. The van der Waals surface area contributed by atoms with Crippen molar-refractivity contribution in [2.24, 2.45) is 4.99 Å². The molecule has 3 aromatic rings. The third kappa shape index (κ3) is 5.25. The van der Waals surface area contributed by atoms with Crippen molar-refractivity contribution in [2.75, 3.05) is 20.0 Å². The minimum atomic E-state index is -3.66. The molecule has 2 aromatic carbocycles. The highest BCUT2D eigenvalue weighted by Crippen LogP contribution is 2.23. The Balaban J connectivity index is 1.90. The third-order valence-electron chi connectivity index (χ3n) is 4.85. The van der Waals surface area contributed by atoms with Gasteiger partial charge in [-0.3, -0.25) is 9.59 Å². The molecule has 3 rings (SSSR count). The second kappa shape index (κ2) is 9.66. The lowest BCUT2D eigenvalue weighted by Crippen LogP contribution is -2.23. The first-order valence-corrected chi connectivity index (χ1v) is 12.2. The van der Waals surface area contributed by atoms with Crippen LogP contribution in [0.1, 0.15) is 17.5 Å². The smallest absolute Gasteiger partial charge is 0.325 e. The van der Waals surface area contributed by atoms with Crippen LogP contribution in [0.15, 0.2) is 46.3 Å². The molecule has 0 spiro atoms. The number of benzene rings is 2. The van der Waals surface area contributed by atoms with E-state index in [1.54, 1.807) is 16.7 Å². The quantitative estimate of drug-likeness (QED) is 0.486. The van der Waals surface area contributed by atoms with E-state index in [1.807, 2.05) is 26.0 Å². The number of nitrogens with zero attached hydrogens (tertiary/aromatic N) is 2. The Labute approximate surface area is 190 Å². The number of aromatic nitrogens is 1. The number of methoxy groups -OCH3 is 2. The summed E-state index contributed by atoms with van der Waals surface area (Å²) in [6, 6.07) is 9.91. The third-order valence-corrected chi connectivity index (χ3v) is 7.81. The molecule has 170 valence electrons. The topological polar surface area (TPSA) is 104 Å². The fourth-order valence-electron chi connectivity index (χ4n) is 3.23. The molecule has 0 radical (unpaired) electrons. The maximum absolute atomic E-state index is 12.6. The van der Waals surface area contributed by atoms with Crippen LogP contribution in [0.3, 0.4) is 0 Å². The van der Waals surface area contributed by atoms with Gasteiger partial charge in [-0.1, -0.05) is 17.4 Å². The molecule has 0 saturated carbocycles. The van der Waals surface area contributed by atoms with Crippen LogP contribution in [0.4, 0.5) is 0 Å². The number of carbonyl (C=O) groups excluding carboxylic acids is 2. The van der Waals surface area contributed by atoms with Gasteiger partial charge in [0.15, 0.2) is 14.6 Å². The Hall–Kier alpha value is -2.98. The van der Waals surface area contributed by atoms with Crippen LogP contribution in [0.25, 0.3) is 10.2 Å². The van der Waals surface area contributed by atoms with Crippen molar-refractivity contribution in [3.63, 3.8) is 0 Å². The number of fused-ring (bicyclic) bond motifs is 1. The van der Waals surface area contributed by atoms with E-state index in [9.17, 15) is 18.0 Å². The molecule has 0 fully saturated rings. The first kappa shape index (κ1) is 23.7. The highest BCUT2D eigenvalue weighted by atomic mass is 32.2. The number of rotatable bonds is 7. The number of carbonyl (C=O) groups is 2. The summed E-state index contributed by atoms with van der Waals surface area (Å²) in [5.74, 6) is -0.885. The van der Waals surface area contributed by atoms with Gasteiger partial charge in [-0.2, -0.15) is 4.99 Å². The number of hydrogen-bond donors (Lipinski definition) is 0. The molecule has 8 nitrogen and oxygen atoms in total. The van der Waals surface area contributed by atoms with E-state index in [1.165, 1.54) is 37.7 Å². The Morgan fingerprint density at radius 1 is 1.09 bits per heavy atom. The van der Waals surface area contributed by atoms with Gasteiger partial charge in [-0.05, 0) is 55.3 Å². The Kier molecular flexibility index (Phi) is 7.15. The van der Waals surface area contributed by atoms with E-state index in [0.29, 0.717) is 10.6 Å². The zero-order valence-electron chi connectivity index (χ0n) is 18.2. The maximum Gasteiger partial charge on any atom is 0.325 e. The first-order chi connectivity index (χ1) is 15.1. The number of amides is 1. The molecule has 0 aliphatic heterocycles. The lowest BCUT2D eigenvalue weighted by Gasteiger charge is -2.06. The molecule has 0 aliphatic carbocycles. The average Bonchev–Trinajstić information content (AvgIpc) is 3.09. The van der Waals surface area contributed by atoms with Crippen molar-refractivity contribution in [1.82, 2.24) is 4.57 Å². The van der Waals surface area contributed by atoms with Gasteiger partial charge in [0, 0.05) is 6.42 Å². The molecule has 10 heteroatoms. The lowest BCUT2D eigenvalue weighted by atomic mass is 10.1. The molecule has 0 saturated heterocycles. The van der Waals surface area contributed by atoms with Crippen molar-refractivity contribution in [3.05, 3.63) is 52.3 Å². The second-order valence-electron chi connectivity index (χ2n) is 7.23. The Morgan fingerprint density at radius 3 is 2.41 bits per heavy atom. The highest BCUT2D eigenvalue weighted by Gasteiger charge is 2.18. The molecule has 32 heavy (non-hydrogen) atoms. The maximum atomic E-state index is 12.6. The summed E-state index contributed by atoms with van der Waals surface area (Å²) >= 11 is 1.28. The summed E-state index contributed by atoms with van der Waals surface area (Å²) in [5, 5.41) is 0. The van der Waals surface area contributed by atoms with Crippen LogP contribution in [0, 0.1) is 13.8 Å². The Morgan fingerprint density at radius 2 is 1.78 bits per heavy atom. The van der Waals surface area contributed by atoms with Crippen LogP contribution in [-0.4, -0.2) is 44.8 Å². The normalized spacial score (nSPS) is 12.2. The fourth-order valence-corrected chi connectivity index (χ4v) is 5.56. The van der Waals surface area contributed by atoms with Crippen LogP contribution in [0.2, 0.25) is 0 Å². The van der Waals surface area contributed by atoms with E-state index in [0.717, 1.165) is 21.3 Å². The van der Waals surface area contributed by atoms with E-state index in [4.69, 9.17) is 9.47 Å². The van der Waals surface area contributed by atoms with Gasteiger partial charge in [0.2, 0.25) is 5.91 Å². The number of hydrogen-bond acceptors (Lipinski definition) is 7. The van der Waals surface area contributed by atoms with Gasteiger partial charge in [0.1, 0.15) is 12.3 Å². The number of sulfone groups is 1. The van der Waals surface area contributed by atoms with E-state index in [-0.39, 0.29) is 23.6 Å². The zero-order valence-corrected chi connectivity index (χ0v) is 19.9. The van der Waals surface area contributed by atoms with Crippen molar-refractivity contribution < 1.29 is 27.5 Å².